The maximum Gasteiger partial charge on any atom is 0.0567 e. The molecule has 0 atom stereocenters. The number of hydrogen-bond acceptors (Lipinski definition) is 1. The van der Waals surface area contributed by atoms with Gasteiger partial charge in [-0.3, -0.25) is 4.99 Å². The fourth-order valence-electron chi connectivity index (χ4n) is 1.70. The molecule has 0 aromatic carbocycles. The Morgan fingerprint density at radius 3 is 2.33 bits per heavy atom. The molecule has 0 rings (SSSR count). The molecule has 0 aliphatic carbocycles. The molecule has 0 aliphatic heterocycles. The van der Waals surface area contributed by atoms with E-state index in [1.807, 2.05) is 18.4 Å². The van der Waals surface area contributed by atoms with E-state index in [2.05, 4.69) is 30.6 Å². The molecule has 0 bridgehead atoms. The van der Waals surface area contributed by atoms with Crippen LogP contribution in [0.25, 0.3) is 0 Å². The number of allylic oxidation sites excluding steroid dienone is 4. The Morgan fingerprint density at radius 2 is 1.61 bits per heavy atom. The first-order valence-electron chi connectivity index (χ1n) is 7.34. The number of rotatable bonds is 12. The van der Waals surface area contributed by atoms with E-state index in [1.165, 1.54) is 51.4 Å². The highest BCUT2D eigenvalue weighted by atomic mass is 14.7. The van der Waals surface area contributed by atoms with E-state index in [4.69, 9.17) is 0 Å². The molecular formula is C17H29N. The third-order valence-corrected chi connectivity index (χ3v) is 2.76. The van der Waals surface area contributed by atoms with Gasteiger partial charge >= 0.3 is 0 Å². The van der Waals surface area contributed by atoms with Gasteiger partial charge in [-0.15, -0.1) is 6.58 Å². The molecule has 0 aromatic heterocycles. The molecule has 18 heavy (non-hydrogen) atoms. The normalized spacial score (nSPS) is 12.1. The van der Waals surface area contributed by atoms with E-state index < -0.39 is 0 Å². The summed E-state index contributed by atoms with van der Waals surface area (Å²) in [6, 6.07) is 0. The monoisotopic (exact) mass is 247 g/mol. The lowest BCUT2D eigenvalue weighted by Gasteiger charge is -1.98. The average molecular weight is 247 g/mol. The summed E-state index contributed by atoms with van der Waals surface area (Å²) in [5.41, 5.74) is 0. The summed E-state index contributed by atoms with van der Waals surface area (Å²) >= 11 is 0. The zero-order chi connectivity index (χ0) is 13.3. The van der Waals surface area contributed by atoms with Gasteiger partial charge in [0.15, 0.2) is 0 Å². The van der Waals surface area contributed by atoms with Crippen molar-refractivity contribution < 1.29 is 0 Å². The lowest BCUT2D eigenvalue weighted by molar-refractivity contribution is 0.592. The molecule has 0 N–H and O–H groups in total. The van der Waals surface area contributed by atoms with Crippen LogP contribution in [0, 0.1) is 0 Å². The summed E-state index contributed by atoms with van der Waals surface area (Å²) < 4.78 is 0. The van der Waals surface area contributed by atoms with Crippen molar-refractivity contribution in [1.29, 1.82) is 0 Å². The number of unbranched alkanes of at least 4 members (excludes halogenated alkanes) is 7. The maximum absolute atomic E-state index is 4.11. The number of hydrogen-bond donors (Lipinski definition) is 0. The predicted octanol–water partition coefficient (Wildman–Crippen LogP) is 5.50. The Labute approximate surface area is 113 Å². The van der Waals surface area contributed by atoms with Crippen LogP contribution in [0.1, 0.15) is 58.3 Å². The predicted molar refractivity (Wildman–Crippen MR) is 84.4 cm³/mol. The van der Waals surface area contributed by atoms with Crippen molar-refractivity contribution in [3.8, 4) is 0 Å². The second-order valence-corrected chi connectivity index (χ2v) is 4.53. The average Bonchev–Trinajstić information content (AvgIpc) is 2.39. The van der Waals surface area contributed by atoms with Crippen LogP contribution < -0.4 is 0 Å². The fourth-order valence-corrected chi connectivity index (χ4v) is 1.70. The van der Waals surface area contributed by atoms with E-state index in [-0.39, 0.29) is 0 Å². The smallest absolute Gasteiger partial charge is 0.0567 e. The Balaban J connectivity index is 3.24. The lowest BCUT2D eigenvalue weighted by Crippen LogP contribution is -1.78. The maximum atomic E-state index is 4.11. The van der Waals surface area contributed by atoms with Gasteiger partial charge in [-0.2, -0.15) is 0 Å². The molecule has 102 valence electrons. The molecule has 0 saturated carbocycles. The van der Waals surface area contributed by atoms with Crippen molar-refractivity contribution in [2.24, 2.45) is 4.99 Å². The molecule has 0 radical (unpaired) electrons. The SMILES string of the molecule is C=CCN=C/C=C\C=C\CCCCCCCCC. The van der Waals surface area contributed by atoms with Gasteiger partial charge in [0.05, 0.1) is 6.54 Å². The third kappa shape index (κ3) is 14.9. The van der Waals surface area contributed by atoms with Gasteiger partial charge in [-0.05, 0) is 18.9 Å². The largest absolute Gasteiger partial charge is 0.289 e. The molecular weight excluding hydrogens is 218 g/mol. The first-order valence-corrected chi connectivity index (χ1v) is 7.34. The van der Waals surface area contributed by atoms with Gasteiger partial charge in [0, 0.05) is 6.21 Å². The molecule has 0 amide bonds. The summed E-state index contributed by atoms with van der Waals surface area (Å²) in [5.74, 6) is 0. The van der Waals surface area contributed by atoms with Crippen LogP contribution in [-0.4, -0.2) is 12.8 Å². The first kappa shape index (κ1) is 16.9. The minimum Gasteiger partial charge on any atom is -0.289 e. The van der Waals surface area contributed by atoms with Crippen molar-refractivity contribution in [3.05, 3.63) is 37.0 Å². The Bertz CT molecular complexity index is 248. The Morgan fingerprint density at radius 1 is 0.889 bits per heavy atom. The van der Waals surface area contributed by atoms with Crippen LogP contribution in [-0.2, 0) is 0 Å². The number of nitrogens with zero attached hydrogens (tertiary/aromatic N) is 1. The third-order valence-electron chi connectivity index (χ3n) is 2.76. The van der Waals surface area contributed by atoms with Crippen molar-refractivity contribution in [2.45, 2.75) is 58.3 Å². The molecule has 1 nitrogen and oxygen atoms in total. The van der Waals surface area contributed by atoms with Crippen molar-refractivity contribution in [1.82, 2.24) is 0 Å². The lowest BCUT2D eigenvalue weighted by atomic mass is 10.1. The van der Waals surface area contributed by atoms with Crippen LogP contribution >= 0.6 is 0 Å². The van der Waals surface area contributed by atoms with Crippen LogP contribution in [0.3, 0.4) is 0 Å². The highest BCUT2D eigenvalue weighted by molar-refractivity contribution is 5.71. The topological polar surface area (TPSA) is 12.4 Å². The van der Waals surface area contributed by atoms with Crippen molar-refractivity contribution in [2.75, 3.05) is 6.54 Å². The highest BCUT2D eigenvalue weighted by Crippen LogP contribution is 2.08. The van der Waals surface area contributed by atoms with Gasteiger partial charge < -0.3 is 0 Å². The van der Waals surface area contributed by atoms with Crippen molar-refractivity contribution >= 4 is 6.21 Å². The van der Waals surface area contributed by atoms with Crippen molar-refractivity contribution in [3.63, 3.8) is 0 Å². The minimum atomic E-state index is 0.700. The zero-order valence-corrected chi connectivity index (χ0v) is 12.0. The van der Waals surface area contributed by atoms with Crippen LogP contribution in [0.15, 0.2) is 42.0 Å². The van der Waals surface area contributed by atoms with Gasteiger partial charge in [-0.1, -0.05) is 69.8 Å². The van der Waals surface area contributed by atoms with Crippen LogP contribution in [0.4, 0.5) is 0 Å². The van der Waals surface area contributed by atoms with Gasteiger partial charge in [0.25, 0.3) is 0 Å². The molecule has 0 fully saturated rings. The molecule has 0 heterocycles. The van der Waals surface area contributed by atoms with E-state index in [0.717, 1.165) is 0 Å². The highest BCUT2D eigenvalue weighted by Gasteiger charge is 1.88. The quantitative estimate of drug-likeness (QED) is 0.187. The standard InChI is InChI=1S/C17H29N/c1-3-5-6-7-8-9-10-11-12-13-14-15-17-18-16-4-2/h4,12-15,17H,2-3,5-11,16H2,1H3/b13-12+,15-14-,18-17?. The van der Waals surface area contributed by atoms with E-state index in [1.54, 1.807) is 6.08 Å². The Kier molecular flexibility index (Phi) is 14.9. The summed E-state index contributed by atoms with van der Waals surface area (Å²) in [6.45, 7) is 6.57. The molecule has 0 spiro atoms. The van der Waals surface area contributed by atoms with Crippen LogP contribution in [0.5, 0.6) is 0 Å². The van der Waals surface area contributed by atoms with E-state index in [9.17, 15) is 0 Å². The second kappa shape index (κ2) is 15.9. The molecule has 0 saturated heterocycles. The van der Waals surface area contributed by atoms with Gasteiger partial charge in [-0.25, -0.2) is 0 Å². The first-order chi connectivity index (χ1) is 8.91. The second-order valence-electron chi connectivity index (χ2n) is 4.53. The van der Waals surface area contributed by atoms with Crippen LogP contribution in [0.2, 0.25) is 0 Å². The molecule has 0 unspecified atom stereocenters. The number of aliphatic imine (C=N–C) groups is 1. The van der Waals surface area contributed by atoms with Gasteiger partial charge in [0.1, 0.15) is 0 Å². The minimum absolute atomic E-state index is 0.700. The van der Waals surface area contributed by atoms with E-state index >= 15 is 0 Å². The van der Waals surface area contributed by atoms with Gasteiger partial charge in [0.2, 0.25) is 0 Å². The summed E-state index contributed by atoms with van der Waals surface area (Å²) in [4.78, 5) is 4.11. The van der Waals surface area contributed by atoms with E-state index in [0.29, 0.717) is 6.54 Å². The molecule has 0 aromatic rings. The fraction of sp³-hybridized carbons (Fsp3) is 0.588. The summed E-state index contributed by atoms with van der Waals surface area (Å²) in [6.07, 6.45) is 22.8. The zero-order valence-electron chi connectivity index (χ0n) is 12.0. The summed E-state index contributed by atoms with van der Waals surface area (Å²) in [7, 11) is 0. The summed E-state index contributed by atoms with van der Waals surface area (Å²) in [5, 5.41) is 0. The molecule has 0 aliphatic rings. The molecule has 1 heteroatoms. The Hall–Kier alpha value is -1.11.